The summed E-state index contributed by atoms with van der Waals surface area (Å²) in [5.74, 6) is 1.70. The number of hydrogen-bond acceptors (Lipinski definition) is 8. The van der Waals surface area contributed by atoms with Gasteiger partial charge in [-0.25, -0.2) is 19.0 Å². The van der Waals surface area contributed by atoms with Crippen LogP contribution in [0.3, 0.4) is 0 Å². The van der Waals surface area contributed by atoms with E-state index in [2.05, 4.69) is 45.6 Å². The van der Waals surface area contributed by atoms with Crippen LogP contribution in [0.1, 0.15) is 58.9 Å². The molecule has 10 nitrogen and oxygen atoms in total. The van der Waals surface area contributed by atoms with Crippen LogP contribution < -0.4 is 9.64 Å². The molecule has 44 heavy (non-hydrogen) atoms. The number of rotatable bonds is 11. The number of hydrogen-bond donors (Lipinski definition) is 0. The van der Waals surface area contributed by atoms with Crippen LogP contribution >= 0.6 is 0 Å². The number of aromatic nitrogens is 4. The molecule has 5 rings (SSSR count). The van der Waals surface area contributed by atoms with Gasteiger partial charge in [-0.2, -0.15) is 5.10 Å². The maximum Gasteiger partial charge on any atom is 0.225 e. The van der Waals surface area contributed by atoms with Gasteiger partial charge in [-0.1, -0.05) is 12.1 Å². The summed E-state index contributed by atoms with van der Waals surface area (Å²) >= 11 is 0. The molecule has 3 aromatic rings. The van der Waals surface area contributed by atoms with E-state index in [1.807, 2.05) is 11.8 Å². The Kier molecular flexibility index (Phi) is 10.4. The first-order chi connectivity index (χ1) is 21.2. The Morgan fingerprint density at radius 1 is 1.09 bits per heavy atom. The first-order valence-electron chi connectivity index (χ1n) is 16.0. The van der Waals surface area contributed by atoms with E-state index in [4.69, 9.17) is 9.47 Å². The van der Waals surface area contributed by atoms with Crippen LogP contribution in [-0.2, 0) is 16.1 Å². The van der Waals surface area contributed by atoms with Crippen LogP contribution in [0.4, 0.5) is 10.2 Å². The monoisotopic (exact) mass is 609 g/mol. The lowest BCUT2D eigenvalue weighted by Crippen LogP contribution is -2.51. The Balaban J connectivity index is 1.16. The van der Waals surface area contributed by atoms with E-state index in [-0.39, 0.29) is 29.6 Å². The number of carbonyl (C=O) groups excluding carboxylic acids is 1. The Morgan fingerprint density at radius 3 is 2.52 bits per heavy atom. The van der Waals surface area contributed by atoms with Crippen LogP contribution in [0.25, 0.3) is 11.0 Å². The van der Waals surface area contributed by atoms with E-state index < -0.39 is 0 Å². The smallest absolute Gasteiger partial charge is 0.225 e. The number of carbonyl (C=O) groups is 1. The maximum atomic E-state index is 15.0. The van der Waals surface area contributed by atoms with Gasteiger partial charge in [0, 0.05) is 63.4 Å². The number of piperazine rings is 1. The average Bonchev–Trinajstić information content (AvgIpc) is 3.43. The third-order valence-corrected chi connectivity index (χ3v) is 9.16. The Morgan fingerprint density at radius 2 is 1.84 bits per heavy atom. The number of anilines is 1. The van der Waals surface area contributed by atoms with Gasteiger partial charge in [0.05, 0.1) is 31.3 Å². The molecule has 2 fully saturated rings. The molecular weight excluding hydrogens is 561 g/mol. The third kappa shape index (κ3) is 7.31. The minimum absolute atomic E-state index is 0.104. The first kappa shape index (κ1) is 32.1. The van der Waals surface area contributed by atoms with E-state index in [9.17, 15) is 9.18 Å². The summed E-state index contributed by atoms with van der Waals surface area (Å²) in [5, 5.41) is 5.35. The molecule has 1 aromatic carbocycles. The van der Waals surface area contributed by atoms with Crippen molar-refractivity contribution in [1.82, 2.24) is 29.5 Å². The van der Waals surface area contributed by atoms with Crippen LogP contribution in [0.15, 0.2) is 30.7 Å². The lowest BCUT2D eigenvalue weighted by Gasteiger charge is -2.41. The predicted octanol–water partition coefficient (Wildman–Crippen LogP) is 4.61. The summed E-state index contributed by atoms with van der Waals surface area (Å²) in [4.78, 5) is 29.3. The second kappa shape index (κ2) is 14.2. The first-order valence-corrected chi connectivity index (χ1v) is 16.0. The average molecular weight is 610 g/mol. The molecule has 3 heterocycles. The maximum absolute atomic E-state index is 15.0. The van der Waals surface area contributed by atoms with Gasteiger partial charge in [0.15, 0.2) is 17.2 Å². The number of methoxy groups -OCH3 is 1. The van der Waals surface area contributed by atoms with Gasteiger partial charge in [0.1, 0.15) is 12.1 Å². The number of benzene rings is 1. The Labute approximate surface area is 260 Å². The fourth-order valence-electron chi connectivity index (χ4n) is 6.56. The van der Waals surface area contributed by atoms with Crippen LogP contribution in [0, 0.1) is 17.7 Å². The fourth-order valence-corrected chi connectivity index (χ4v) is 6.56. The SMILES string of the molecule is CCOc1cccc(Cn2ncc3c(N4CCN(C(=O)[C@H]5CC[C@H](CN(CCOC)C(C)(C)C)CC5)CC4)ncnc32)c1F. The van der Waals surface area contributed by atoms with Crippen LogP contribution in [0.5, 0.6) is 5.75 Å². The van der Waals surface area contributed by atoms with E-state index in [1.54, 1.807) is 36.2 Å². The summed E-state index contributed by atoms with van der Waals surface area (Å²) in [6.07, 6.45) is 7.41. The molecule has 240 valence electrons. The zero-order valence-corrected chi connectivity index (χ0v) is 27.0. The molecule has 2 aromatic heterocycles. The Bertz CT molecular complexity index is 1390. The lowest BCUT2D eigenvalue weighted by atomic mass is 9.80. The quantitative estimate of drug-likeness (QED) is 0.312. The van der Waals surface area contributed by atoms with Gasteiger partial charge in [-0.05, 0) is 65.4 Å². The van der Waals surface area contributed by atoms with E-state index in [0.29, 0.717) is 55.8 Å². The van der Waals surface area contributed by atoms with Crippen molar-refractivity contribution in [3.63, 3.8) is 0 Å². The van der Waals surface area contributed by atoms with Crippen molar-refractivity contribution in [1.29, 1.82) is 0 Å². The minimum Gasteiger partial charge on any atom is -0.491 e. The third-order valence-electron chi connectivity index (χ3n) is 9.16. The van der Waals surface area contributed by atoms with Gasteiger partial charge in [0.25, 0.3) is 0 Å². The highest BCUT2D eigenvalue weighted by molar-refractivity contribution is 5.87. The number of halogens is 1. The zero-order valence-electron chi connectivity index (χ0n) is 27.0. The summed E-state index contributed by atoms with van der Waals surface area (Å²) < 4.78 is 27.4. The van der Waals surface area contributed by atoms with Gasteiger partial charge in [0.2, 0.25) is 5.91 Å². The van der Waals surface area contributed by atoms with E-state index in [1.165, 1.54) is 6.33 Å². The fraction of sp³-hybridized carbons (Fsp3) is 0.636. The number of ether oxygens (including phenoxy) is 2. The van der Waals surface area contributed by atoms with Gasteiger partial charge < -0.3 is 19.3 Å². The molecule has 0 spiro atoms. The number of nitrogens with zero attached hydrogens (tertiary/aromatic N) is 7. The van der Waals surface area contributed by atoms with Crippen molar-refractivity contribution in [2.24, 2.45) is 11.8 Å². The number of amides is 1. The molecule has 1 amide bonds. The molecule has 11 heteroatoms. The molecule has 1 aliphatic heterocycles. The summed E-state index contributed by atoms with van der Waals surface area (Å²) in [6.45, 7) is 14.7. The van der Waals surface area contributed by atoms with Gasteiger partial charge in [-0.15, -0.1) is 0 Å². The van der Waals surface area contributed by atoms with Crippen LogP contribution in [0.2, 0.25) is 0 Å². The lowest BCUT2D eigenvalue weighted by molar-refractivity contribution is -0.137. The van der Waals surface area contributed by atoms with Crippen molar-refractivity contribution >= 4 is 22.8 Å². The second-order valence-electron chi connectivity index (χ2n) is 13.0. The van der Waals surface area contributed by atoms with Gasteiger partial charge >= 0.3 is 0 Å². The molecule has 0 bridgehead atoms. The van der Waals surface area contributed by atoms with Crippen molar-refractivity contribution in [3.8, 4) is 5.75 Å². The molecule has 1 saturated heterocycles. The second-order valence-corrected chi connectivity index (χ2v) is 13.0. The molecule has 0 radical (unpaired) electrons. The molecule has 0 N–H and O–H groups in total. The highest BCUT2D eigenvalue weighted by atomic mass is 19.1. The van der Waals surface area contributed by atoms with Crippen LogP contribution in [-0.4, -0.2) is 101 Å². The molecule has 0 atom stereocenters. The highest BCUT2D eigenvalue weighted by Gasteiger charge is 2.33. The number of fused-ring (bicyclic) bond motifs is 1. The van der Waals surface area contributed by atoms with E-state index >= 15 is 0 Å². The van der Waals surface area contributed by atoms with Crippen molar-refractivity contribution in [2.45, 2.75) is 65.5 Å². The van der Waals surface area contributed by atoms with Crippen molar-refractivity contribution < 1.29 is 18.7 Å². The Hall–Kier alpha value is -3.31. The molecule has 2 aliphatic rings. The standard InChI is InChI=1S/C33H48FN7O3/c1-6-44-28-9-7-8-26(29(28)34)22-41-31-27(20-37-41)30(35-23-36-31)38-14-16-39(17-15-38)32(42)25-12-10-24(11-13-25)21-40(18-19-43-5)33(2,3)4/h7-9,20,23-25H,6,10-19,21-22H2,1-5H3/t24-,25-. The largest absolute Gasteiger partial charge is 0.491 e. The highest BCUT2D eigenvalue weighted by Crippen LogP contribution is 2.33. The zero-order chi connectivity index (χ0) is 31.3. The summed E-state index contributed by atoms with van der Waals surface area (Å²) in [6, 6.07) is 5.15. The van der Waals surface area contributed by atoms with E-state index in [0.717, 1.165) is 56.6 Å². The summed E-state index contributed by atoms with van der Waals surface area (Å²) in [7, 11) is 1.76. The predicted molar refractivity (Wildman–Crippen MR) is 169 cm³/mol. The van der Waals surface area contributed by atoms with Crippen molar-refractivity contribution in [2.75, 3.05) is 64.5 Å². The van der Waals surface area contributed by atoms with Crippen molar-refractivity contribution in [3.05, 3.63) is 42.1 Å². The molecule has 1 saturated carbocycles. The summed E-state index contributed by atoms with van der Waals surface area (Å²) in [5.41, 5.74) is 1.24. The van der Waals surface area contributed by atoms with Gasteiger partial charge in [-0.3, -0.25) is 9.69 Å². The normalized spacial score (nSPS) is 19.6. The molecule has 0 unspecified atom stereocenters. The minimum atomic E-state index is -0.379. The topological polar surface area (TPSA) is 88.9 Å². The molecular formula is C33H48FN7O3. The molecule has 1 aliphatic carbocycles.